The van der Waals surface area contributed by atoms with Gasteiger partial charge in [0.15, 0.2) is 18.1 Å². The van der Waals surface area contributed by atoms with E-state index in [9.17, 15) is 27.6 Å². The molecule has 0 spiro atoms. The number of aromatic nitrogens is 2. The number of anilines is 1. The summed E-state index contributed by atoms with van der Waals surface area (Å²) in [4.78, 5) is 36.2. The first-order valence-electron chi connectivity index (χ1n) is 9.48. The van der Waals surface area contributed by atoms with Crippen LogP contribution >= 0.6 is 0 Å². The molecule has 172 valence electrons. The van der Waals surface area contributed by atoms with E-state index in [-0.39, 0.29) is 28.6 Å². The highest BCUT2D eigenvalue weighted by Gasteiger charge is 2.31. The fraction of sp³-hybridized carbons (Fsp3) is 0.182. The first-order valence-corrected chi connectivity index (χ1v) is 9.48. The fourth-order valence-electron chi connectivity index (χ4n) is 2.89. The number of carbonyl (C=O) groups is 3. The van der Waals surface area contributed by atoms with Crippen molar-refractivity contribution >= 4 is 23.3 Å². The Labute approximate surface area is 185 Å². The summed E-state index contributed by atoms with van der Waals surface area (Å²) in [7, 11) is 1.25. The Morgan fingerprint density at radius 1 is 1.09 bits per heavy atom. The van der Waals surface area contributed by atoms with Gasteiger partial charge in [-0.1, -0.05) is 18.2 Å². The minimum absolute atomic E-state index is 0.0424. The Bertz CT molecular complexity index is 1200. The summed E-state index contributed by atoms with van der Waals surface area (Å²) in [5, 5.41) is 6.43. The number of para-hydroxylation sites is 1. The average Bonchev–Trinajstić information content (AvgIpc) is 3.22. The number of nitrogens with one attached hydrogen (secondary N) is 1. The van der Waals surface area contributed by atoms with Crippen LogP contribution in [0.3, 0.4) is 0 Å². The molecule has 3 aromatic rings. The molecule has 0 aliphatic carbocycles. The van der Waals surface area contributed by atoms with Gasteiger partial charge >= 0.3 is 12.1 Å². The number of halogens is 3. The van der Waals surface area contributed by atoms with E-state index in [1.54, 1.807) is 12.1 Å². The molecule has 0 radical (unpaired) electrons. The molecule has 33 heavy (non-hydrogen) atoms. The van der Waals surface area contributed by atoms with E-state index >= 15 is 0 Å². The zero-order valence-electron chi connectivity index (χ0n) is 17.5. The number of ketones is 1. The average molecular weight is 461 g/mol. The summed E-state index contributed by atoms with van der Waals surface area (Å²) in [6.07, 6.45) is -3.33. The summed E-state index contributed by atoms with van der Waals surface area (Å²) in [5.74, 6) is -2.03. The third kappa shape index (κ3) is 5.56. The molecule has 11 heteroatoms. The second kappa shape index (κ2) is 9.55. The van der Waals surface area contributed by atoms with Crippen LogP contribution in [0.4, 0.5) is 18.9 Å². The van der Waals surface area contributed by atoms with E-state index in [1.165, 1.54) is 44.5 Å². The van der Waals surface area contributed by atoms with Crippen molar-refractivity contribution in [2.75, 3.05) is 19.0 Å². The minimum Gasteiger partial charge on any atom is -0.493 e. The maximum atomic E-state index is 13.0. The van der Waals surface area contributed by atoms with Crippen LogP contribution in [0.5, 0.6) is 5.75 Å². The molecule has 1 N–H and O–H groups in total. The molecule has 0 atom stereocenters. The van der Waals surface area contributed by atoms with E-state index in [1.807, 2.05) is 0 Å². The Kier molecular flexibility index (Phi) is 6.80. The summed E-state index contributed by atoms with van der Waals surface area (Å²) < 4.78 is 50.0. The third-order valence-electron chi connectivity index (χ3n) is 4.45. The van der Waals surface area contributed by atoms with Gasteiger partial charge in [-0.2, -0.15) is 18.3 Å². The molecule has 0 aliphatic heterocycles. The highest BCUT2D eigenvalue weighted by atomic mass is 19.4. The van der Waals surface area contributed by atoms with Crippen molar-refractivity contribution in [1.29, 1.82) is 0 Å². The van der Waals surface area contributed by atoms with Crippen molar-refractivity contribution in [3.8, 4) is 11.4 Å². The molecular weight excluding hydrogens is 443 g/mol. The Morgan fingerprint density at radius 3 is 2.48 bits per heavy atom. The second-order valence-corrected chi connectivity index (χ2v) is 6.76. The highest BCUT2D eigenvalue weighted by Crippen LogP contribution is 2.31. The summed E-state index contributed by atoms with van der Waals surface area (Å²) in [6.45, 7) is 0.655. The number of hydrogen-bond donors (Lipinski definition) is 1. The van der Waals surface area contributed by atoms with Crippen molar-refractivity contribution < 1.29 is 37.0 Å². The largest absolute Gasteiger partial charge is 0.493 e. The van der Waals surface area contributed by atoms with Crippen LogP contribution < -0.4 is 10.1 Å². The van der Waals surface area contributed by atoms with Crippen molar-refractivity contribution in [2.45, 2.75) is 13.1 Å². The van der Waals surface area contributed by atoms with Crippen LogP contribution in [-0.2, 0) is 15.7 Å². The van der Waals surface area contributed by atoms with Crippen molar-refractivity contribution in [3.05, 3.63) is 71.5 Å². The number of Topliss-reactive ketones (excluding diaryl/α,β-unsaturated/α-hetero) is 1. The molecule has 0 unspecified atom stereocenters. The predicted molar refractivity (Wildman–Crippen MR) is 110 cm³/mol. The van der Waals surface area contributed by atoms with Crippen LogP contribution in [0, 0.1) is 0 Å². The molecule has 0 saturated carbocycles. The molecular formula is C22H18F3N3O5. The molecule has 2 aromatic carbocycles. The van der Waals surface area contributed by atoms with Gasteiger partial charge in [0.2, 0.25) is 5.69 Å². The SMILES string of the molecule is COc1cn(-c2cccc(C(F)(F)F)c2)nc1C(=O)OCC(=O)Nc1ccccc1C(C)=O. The van der Waals surface area contributed by atoms with Crippen LogP contribution in [0.2, 0.25) is 0 Å². The lowest BCUT2D eigenvalue weighted by Crippen LogP contribution is -2.22. The number of benzene rings is 2. The number of alkyl halides is 3. The standard InChI is InChI=1S/C22H18F3N3O5/c1-13(29)16-8-3-4-9-17(16)26-19(30)12-33-21(31)20-18(32-2)11-28(27-20)15-7-5-6-14(10-15)22(23,24)25/h3-11H,12H2,1-2H3,(H,26,30). The Hall–Kier alpha value is -4.15. The topological polar surface area (TPSA) is 99.5 Å². The molecule has 3 rings (SSSR count). The van der Waals surface area contributed by atoms with E-state index in [0.717, 1.165) is 16.8 Å². The maximum absolute atomic E-state index is 13.0. The van der Waals surface area contributed by atoms with Crippen molar-refractivity contribution in [3.63, 3.8) is 0 Å². The zero-order valence-corrected chi connectivity index (χ0v) is 17.5. The number of carbonyl (C=O) groups excluding carboxylic acids is 3. The van der Waals surface area contributed by atoms with Crippen LogP contribution in [0.15, 0.2) is 54.7 Å². The lowest BCUT2D eigenvalue weighted by atomic mass is 10.1. The van der Waals surface area contributed by atoms with Crippen molar-refractivity contribution in [2.24, 2.45) is 0 Å². The molecule has 0 fully saturated rings. The van der Waals surface area contributed by atoms with Gasteiger partial charge in [0, 0.05) is 5.56 Å². The molecule has 1 amide bonds. The predicted octanol–water partition coefficient (Wildman–Crippen LogP) is 3.90. The van der Waals surface area contributed by atoms with E-state index in [4.69, 9.17) is 9.47 Å². The minimum atomic E-state index is -4.55. The zero-order chi connectivity index (χ0) is 24.2. The fourth-order valence-corrected chi connectivity index (χ4v) is 2.89. The molecule has 0 aliphatic rings. The van der Waals surface area contributed by atoms with Crippen molar-refractivity contribution in [1.82, 2.24) is 9.78 Å². The third-order valence-corrected chi connectivity index (χ3v) is 4.45. The molecule has 0 saturated heterocycles. The van der Waals surface area contributed by atoms with Gasteiger partial charge in [0.25, 0.3) is 5.91 Å². The van der Waals surface area contributed by atoms with Gasteiger partial charge in [0.05, 0.1) is 30.2 Å². The van der Waals surface area contributed by atoms with E-state index in [2.05, 4.69) is 10.4 Å². The number of rotatable bonds is 7. The lowest BCUT2D eigenvalue weighted by Gasteiger charge is -2.09. The first kappa shape index (κ1) is 23.5. The molecule has 1 heterocycles. The molecule has 8 nitrogen and oxygen atoms in total. The lowest BCUT2D eigenvalue weighted by molar-refractivity contribution is -0.137. The quantitative estimate of drug-likeness (QED) is 0.423. The first-order chi connectivity index (χ1) is 15.6. The summed E-state index contributed by atoms with van der Waals surface area (Å²) in [6, 6.07) is 10.7. The van der Waals surface area contributed by atoms with Gasteiger partial charge in [0.1, 0.15) is 0 Å². The monoisotopic (exact) mass is 461 g/mol. The van der Waals surface area contributed by atoms with Gasteiger partial charge in [-0.05, 0) is 37.3 Å². The highest BCUT2D eigenvalue weighted by molar-refractivity contribution is 6.04. The van der Waals surface area contributed by atoms with E-state index in [0.29, 0.717) is 5.56 Å². The van der Waals surface area contributed by atoms with Crippen LogP contribution in [0.25, 0.3) is 5.69 Å². The van der Waals surface area contributed by atoms with Crippen LogP contribution in [0.1, 0.15) is 33.3 Å². The Morgan fingerprint density at radius 2 is 1.82 bits per heavy atom. The number of esters is 1. The second-order valence-electron chi connectivity index (χ2n) is 6.76. The number of methoxy groups -OCH3 is 1. The summed E-state index contributed by atoms with van der Waals surface area (Å²) >= 11 is 0. The maximum Gasteiger partial charge on any atom is 0.416 e. The Balaban J connectivity index is 1.73. The number of hydrogen-bond acceptors (Lipinski definition) is 6. The van der Waals surface area contributed by atoms with Gasteiger partial charge in [-0.25, -0.2) is 9.48 Å². The smallest absolute Gasteiger partial charge is 0.416 e. The molecule has 1 aromatic heterocycles. The molecule has 0 bridgehead atoms. The summed E-state index contributed by atoms with van der Waals surface area (Å²) in [5.41, 5.74) is -0.621. The number of ether oxygens (including phenoxy) is 2. The van der Waals surface area contributed by atoms with Gasteiger partial charge < -0.3 is 14.8 Å². The number of amides is 1. The van der Waals surface area contributed by atoms with Gasteiger partial charge in [-0.3, -0.25) is 9.59 Å². The van der Waals surface area contributed by atoms with E-state index < -0.39 is 30.2 Å². The van der Waals surface area contributed by atoms with Gasteiger partial charge in [-0.15, -0.1) is 0 Å². The van der Waals surface area contributed by atoms with Crippen LogP contribution in [-0.4, -0.2) is 41.2 Å². The normalized spacial score (nSPS) is 11.1. The number of nitrogens with zero attached hydrogens (tertiary/aromatic N) is 2.